The first kappa shape index (κ1) is 27.5. The summed E-state index contributed by atoms with van der Waals surface area (Å²) in [5, 5.41) is 9.84. The molecule has 0 spiro atoms. The summed E-state index contributed by atoms with van der Waals surface area (Å²) in [4.78, 5) is 14.9. The second-order valence-corrected chi connectivity index (χ2v) is 12.3. The molecule has 1 aliphatic heterocycles. The van der Waals surface area contributed by atoms with E-state index in [1.54, 1.807) is 43.1 Å². The van der Waals surface area contributed by atoms with Gasteiger partial charge in [0.25, 0.3) is 0 Å². The number of aliphatic hydroxyl groups is 1. The van der Waals surface area contributed by atoms with Gasteiger partial charge in [-0.15, -0.1) is 0 Å². The van der Waals surface area contributed by atoms with Gasteiger partial charge in [-0.25, -0.2) is 12.8 Å². The van der Waals surface area contributed by atoms with E-state index < -0.39 is 22.2 Å². The van der Waals surface area contributed by atoms with Crippen LogP contribution in [0.4, 0.5) is 4.39 Å². The van der Waals surface area contributed by atoms with Gasteiger partial charge in [0.2, 0.25) is 15.9 Å². The standard InChI is InChI=1S/C28H37FN2O5S/c1-19-16-31(20(2)18-32)37(34,35)27-14-11-23(21-9-12-24(29)13-10-21)15-25(27)36-26(19)17-30(3)28(33)22-7-5-4-6-8-22/h9-15,19-20,22,26,32H,4-8,16-18H2,1-3H3/t19-,20+,26+/m1/s1. The van der Waals surface area contributed by atoms with Gasteiger partial charge in [-0.1, -0.05) is 44.4 Å². The molecule has 1 heterocycles. The summed E-state index contributed by atoms with van der Waals surface area (Å²) in [5.41, 5.74) is 1.41. The molecule has 1 N–H and O–H groups in total. The van der Waals surface area contributed by atoms with E-state index in [4.69, 9.17) is 4.74 Å². The number of likely N-dealkylation sites (N-methyl/N-ethyl adjacent to an activating group) is 1. The molecule has 2 aliphatic rings. The third kappa shape index (κ3) is 5.99. The molecule has 7 nitrogen and oxygen atoms in total. The Hall–Kier alpha value is -2.49. The summed E-state index contributed by atoms with van der Waals surface area (Å²) in [6, 6.07) is 10.2. The SMILES string of the molecule is C[C@@H]1CN([C@@H](C)CO)S(=O)(=O)c2ccc(-c3ccc(F)cc3)cc2O[C@H]1CN(C)C(=O)C1CCCCC1. The molecule has 9 heteroatoms. The molecule has 0 aromatic heterocycles. The van der Waals surface area contributed by atoms with E-state index in [0.717, 1.165) is 37.7 Å². The van der Waals surface area contributed by atoms with E-state index in [-0.39, 0.29) is 47.4 Å². The lowest BCUT2D eigenvalue weighted by molar-refractivity contribution is -0.136. The minimum absolute atomic E-state index is 0.0109. The Morgan fingerprint density at radius 1 is 1.14 bits per heavy atom. The van der Waals surface area contributed by atoms with Crippen LogP contribution < -0.4 is 4.74 Å². The topological polar surface area (TPSA) is 87.2 Å². The van der Waals surface area contributed by atoms with E-state index in [0.29, 0.717) is 12.1 Å². The van der Waals surface area contributed by atoms with Crippen LogP contribution in [-0.2, 0) is 14.8 Å². The van der Waals surface area contributed by atoms with Gasteiger partial charge in [0.15, 0.2) is 0 Å². The summed E-state index contributed by atoms with van der Waals surface area (Å²) < 4.78 is 48.6. The molecule has 0 saturated heterocycles. The fourth-order valence-corrected chi connectivity index (χ4v) is 7.11. The quantitative estimate of drug-likeness (QED) is 0.600. The van der Waals surface area contributed by atoms with Gasteiger partial charge in [-0.3, -0.25) is 4.79 Å². The molecule has 4 rings (SSSR count). The molecule has 202 valence electrons. The highest BCUT2D eigenvalue weighted by molar-refractivity contribution is 7.89. The van der Waals surface area contributed by atoms with Crippen LogP contribution in [0, 0.1) is 17.7 Å². The number of nitrogens with zero attached hydrogens (tertiary/aromatic N) is 2. The first-order valence-corrected chi connectivity index (χ1v) is 14.5. The Kier molecular flexibility index (Phi) is 8.56. The molecule has 1 aliphatic carbocycles. The Balaban J connectivity index is 1.71. The molecule has 1 saturated carbocycles. The zero-order chi connectivity index (χ0) is 26.7. The second-order valence-electron chi connectivity index (χ2n) is 10.5. The molecule has 0 bridgehead atoms. The average molecular weight is 533 g/mol. The summed E-state index contributed by atoms with van der Waals surface area (Å²) in [5.74, 6) is -0.306. The fraction of sp³-hybridized carbons (Fsp3) is 0.536. The lowest BCUT2D eigenvalue weighted by Crippen LogP contribution is -2.50. The van der Waals surface area contributed by atoms with Crippen LogP contribution in [0.1, 0.15) is 46.0 Å². The molecule has 0 unspecified atom stereocenters. The Labute approximate surface area is 219 Å². The van der Waals surface area contributed by atoms with Gasteiger partial charge in [-0.2, -0.15) is 4.31 Å². The summed E-state index contributed by atoms with van der Waals surface area (Å²) >= 11 is 0. The van der Waals surface area contributed by atoms with Crippen molar-refractivity contribution in [1.82, 2.24) is 9.21 Å². The van der Waals surface area contributed by atoms with E-state index in [1.807, 2.05) is 6.92 Å². The van der Waals surface area contributed by atoms with Crippen LogP contribution >= 0.6 is 0 Å². The molecular formula is C28H37FN2O5S. The lowest BCUT2D eigenvalue weighted by atomic mass is 9.88. The van der Waals surface area contributed by atoms with Crippen LogP contribution in [0.25, 0.3) is 11.1 Å². The number of carbonyl (C=O) groups is 1. The third-order valence-corrected chi connectivity index (χ3v) is 9.65. The first-order chi connectivity index (χ1) is 17.6. The predicted octanol–water partition coefficient (Wildman–Crippen LogP) is 4.30. The van der Waals surface area contributed by atoms with Crippen LogP contribution in [0.2, 0.25) is 0 Å². The zero-order valence-electron chi connectivity index (χ0n) is 21.8. The number of amides is 1. The normalized spacial score (nSPS) is 23.3. The maximum absolute atomic E-state index is 13.7. The van der Waals surface area contributed by atoms with Gasteiger partial charge in [0, 0.05) is 31.5 Å². The summed E-state index contributed by atoms with van der Waals surface area (Å²) in [6.45, 7) is 3.73. The van der Waals surface area contributed by atoms with E-state index >= 15 is 0 Å². The van der Waals surface area contributed by atoms with Gasteiger partial charge >= 0.3 is 0 Å². The molecule has 1 amide bonds. The monoisotopic (exact) mass is 532 g/mol. The third-order valence-electron chi connectivity index (χ3n) is 7.63. The van der Waals surface area contributed by atoms with Crippen molar-refractivity contribution in [2.75, 3.05) is 26.7 Å². The number of rotatable bonds is 6. The molecular weight excluding hydrogens is 495 g/mol. The van der Waals surface area contributed by atoms with Crippen molar-refractivity contribution in [2.24, 2.45) is 11.8 Å². The first-order valence-electron chi connectivity index (χ1n) is 13.1. The van der Waals surface area contributed by atoms with E-state index in [1.165, 1.54) is 22.5 Å². The van der Waals surface area contributed by atoms with Crippen molar-refractivity contribution in [3.8, 4) is 16.9 Å². The maximum Gasteiger partial charge on any atom is 0.247 e. The number of hydrogen-bond donors (Lipinski definition) is 1. The highest BCUT2D eigenvalue weighted by Crippen LogP contribution is 2.37. The lowest BCUT2D eigenvalue weighted by Gasteiger charge is -2.38. The maximum atomic E-state index is 13.7. The number of ether oxygens (including phenoxy) is 1. The highest BCUT2D eigenvalue weighted by Gasteiger charge is 2.39. The van der Waals surface area contributed by atoms with Crippen LogP contribution in [0.15, 0.2) is 47.4 Å². The summed E-state index contributed by atoms with van der Waals surface area (Å²) in [7, 11) is -2.19. The number of fused-ring (bicyclic) bond motifs is 1. The van der Waals surface area contributed by atoms with Gasteiger partial charge in [0.05, 0.1) is 13.2 Å². The van der Waals surface area contributed by atoms with Crippen LogP contribution in [-0.4, -0.2) is 67.5 Å². The number of carbonyl (C=O) groups excluding carboxylic acids is 1. The average Bonchev–Trinajstić information content (AvgIpc) is 2.90. The number of aliphatic hydroxyl groups excluding tert-OH is 1. The minimum Gasteiger partial charge on any atom is -0.487 e. The summed E-state index contributed by atoms with van der Waals surface area (Å²) in [6.07, 6.45) is 4.61. The molecule has 3 atom stereocenters. The molecule has 2 aromatic carbocycles. The zero-order valence-corrected chi connectivity index (χ0v) is 22.6. The van der Waals surface area contributed by atoms with Gasteiger partial charge < -0.3 is 14.7 Å². The molecule has 1 fully saturated rings. The van der Waals surface area contributed by atoms with Crippen molar-refractivity contribution in [2.45, 2.75) is 63.0 Å². The number of sulfonamides is 1. The molecule has 0 radical (unpaired) electrons. The van der Waals surface area contributed by atoms with E-state index in [9.17, 15) is 22.7 Å². The van der Waals surface area contributed by atoms with Crippen molar-refractivity contribution < 1.29 is 27.4 Å². The second kappa shape index (κ2) is 11.5. The smallest absolute Gasteiger partial charge is 0.247 e. The fourth-order valence-electron chi connectivity index (χ4n) is 5.29. The van der Waals surface area contributed by atoms with Crippen molar-refractivity contribution >= 4 is 15.9 Å². The van der Waals surface area contributed by atoms with Gasteiger partial charge in [-0.05, 0) is 55.2 Å². The van der Waals surface area contributed by atoms with Crippen LogP contribution in [0.5, 0.6) is 5.75 Å². The predicted molar refractivity (Wildman–Crippen MR) is 140 cm³/mol. The molecule has 37 heavy (non-hydrogen) atoms. The van der Waals surface area contributed by atoms with Crippen molar-refractivity contribution in [1.29, 1.82) is 0 Å². The number of hydrogen-bond acceptors (Lipinski definition) is 5. The number of benzene rings is 2. The Morgan fingerprint density at radius 2 is 1.78 bits per heavy atom. The van der Waals surface area contributed by atoms with Crippen LogP contribution in [0.3, 0.4) is 0 Å². The largest absolute Gasteiger partial charge is 0.487 e. The van der Waals surface area contributed by atoms with Crippen molar-refractivity contribution in [3.63, 3.8) is 0 Å². The Morgan fingerprint density at radius 3 is 2.43 bits per heavy atom. The van der Waals surface area contributed by atoms with E-state index in [2.05, 4.69) is 0 Å². The van der Waals surface area contributed by atoms with Crippen molar-refractivity contribution in [3.05, 3.63) is 48.3 Å². The Bertz CT molecular complexity index is 1200. The number of halogens is 1. The van der Waals surface area contributed by atoms with Gasteiger partial charge in [0.1, 0.15) is 22.6 Å². The minimum atomic E-state index is -3.97. The highest BCUT2D eigenvalue weighted by atomic mass is 32.2. The molecule has 2 aromatic rings.